The number of esters is 1. The summed E-state index contributed by atoms with van der Waals surface area (Å²) in [5.74, 6) is -0.459. The number of rotatable bonds is 5. The molecule has 0 bridgehead atoms. The van der Waals surface area contributed by atoms with Gasteiger partial charge in [-0.1, -0.05) is 0 Å². The first kappa shape index (κ1) is 14.6. The molecule has 1 N–H and O–H groups in total. The molecule has 0 saturated heterocycles. The fourth-order valence-corrected chi connectivity index (χ4v) is 3.77. The molecular weight excluding hydrogens is 356 g/mol. The summed E-state index contributed by atoms with van der Waals surface area (Å²) in [5, 5.41) is 2.94. The molecule has 0 aromatic carbocycles. The average Bonchev–Trinajstić information content (AvgIpc) is 3.06. The minimum Gasteiger partial charge on any atom is -0.461 e. The van der Waals surface area contributed by atoms with Crippen LogP contribution in [0.15, 0.2) is 15.9 Å². The van der Waals surface area contributed by atoms with E-state index in [0.29, 0.717) is 18.3 Å². The van der Waals surface area contributed by atoms with Crippen LogP contribution in [0.4, 0.5) is 0 Å². The molecule has 0 unspecified atom stereocenters. The van der Waals surface area contributed by atoms with E-state index in [9.17, 15) is 9.59 Å². The highest BCUT2D eigenvalue weighted by atomic mass is 79.9. The summed E-state index contributed by atoms with van der Waals surface area (Å²) in [6.07, 6.45) is 2.09. The summed E-state index contributed by atoms with van der Waals surface area (Å²) in [4.78, 5) is 24.1. The Balaban J connectivity index is 1.92. The number of hydrogen-bond donors (Lipinski definition) is 1. The maximum Gasteiger partial charge on any atom is 0.355 e. The van der Waals surface area contributed by atoms with Crippen LogP contribution in [0.3, 0.4) is 0 Å². The van der Waals surface area contributed by atoms with Crippen LogP contribution in [-0.4, -0.2) is 29.1 Å². The van der Waals surface area contributed by atoms with Gasteiger partial charge in [0.25, 0.3) is 0 Å². The molecule has 0 aliphatic heterocycles. The van der Waals surface area contributed by atoms with Gasteiger partial charge in [0.15, 0.2) is 0 Å². The lowest BCUT2D eigenvalue weighted by atomic mass is 10.4. The van der Waals surface area contributed by atoms with Crippen molar-refractivity contribution in [1.29, 1.82) is 0 Å². The molecule has 1 fully saturated rings. The van der Waals surface area contributed by atoms with E-state index < -0.39 is 5.97 Å². The Morgan fingerprint density at radius 1 is 1.48 bits per heavy atom. The number of halogens is 1. The Bertz CT molecular complexity index is 702. The first-order valence-corrected chi connectivity index (χ1v) is 8.44. The van der Waals surface area contributed by atoms with Crippen LogP contribution in [0, 0.1) is 0 Å². The second-order valence-electron chi connectivity index (χ2n) is 4.98. The zero-order valence-corrected chi connectivity index (χ0v) is 13.9. The Labute approximate surface area is 134 Å². The molecule has 1 amide bonds. The van der Waals surface area contributed by atoms with Crippen LogP contribution in [0.25, 0.3) is 10.2 Å². The third-order valence-corrected chi connectivity index (χ3v) is 4.86. The number of aromatic nitrogens is 1. The topological polar surface area (TPSA) is 60.3 Å². The van der Waals surface area contributed by atoms with Crippen molar-refractivity contribution < 1.29 is 14.3 Å². The predicted molar refractivity (Wildman–Crippen MR) is 84.6 cm³/mol. The summed E-state index contributed by atoms with van der Waals surface area (Å²) >= 11 is 4.97. The van der Waals surface area contributed by atoms with Crippen LogP contribution < -0.4 is 5.32 Å². The van der Waals surface area contributed by atoms with Crippen LogP contribution in [0.2, 0.25) is 0 Å². The van der Waals surface area contributed by atoms with Crippen molar-refractivity contribution in [2.24, 2.45) is 0 Å². The normalized spacial score (nSPS) is 14.4. The maximum absolute atomic E-state index is 12.1. The fourth-order valence-electron chi connectivity index (χ4n) is 2.20. The molecule has 1 aliphatic rings. The van der Waals surface area contributed by atoms with Gasteiger partial charge >= 0.3 is 5.97 Å². The van der Waals surface area contributed by atoms with Gasteiger partial charge in [-0.3, -0.25) is 4.79 Å². The molecule has 21 heavy (non-hydrogen) atoms. The number of thiophene rings is 1. The largest absolute Gasteiger partial charge is 0.461 e. The highest BCUT2D eigenvalue weighted by Gasteiger charge is 2.25. The van der Waals surface area contributed by atoms with Crippen LogP contribution >= 0.6 is 27.3 Å². The maximum atomic E-state index is 12.1. The molecule has 2 aromatic heterocycles. The molecule has 2 heterocycles. The highest BCUT2D eigenvalue weighted by molar-refractivity contribution is 9.11. The van der Waals surface area contributed by atoms with Gasteiger partial charge in [0.2, 0.25) is 5.91 Å². The molecule has 3 rings (SSSR count). The lowest BCUT2D eigenvalue weighted by Crippen LogP contribution is -2.30. The number of fused-ring (bicyclic) bond motifs is 1. The van der Waals surface area contributed by atoms with Gasteiger partial charge in [-0.2, -0.15) is 0 Å². The number of nitrogens with zero attached hydrogens (tertiary/aromatic N) is 1. The molecule has 112 valence electrons. The second kappa shape index (κ2) is 5.81. The van der Waals surface area contributed by atoms with E-state index in [1.54, 1.807) is 17.6 Å². The summed E-state index contributed by atoms with van der Waals surface area (Å²) in [6, 6.07) is 4.02. The molecule has 2 aromatic rings. The summed E-state index contributed by atoms with van der Waals surface area (Å²) in [5.41, 5.74) is 1.30. The number of carbonyl (C=O) groups excluding carboxylic acids is 2. The molecular formula is C14H15BrN2O3S. The summed E-state index contributed by atoms with van der Waals surface area (Å²) in [6.45, 7) is 2.22. The van der Waals surface area contributed by atoms with E-state index in [1.165, 1.54) is 11.3 Å². The van der Waals surface area contributed by atoms with Crippen molar-refractivity contribution >= 4 is 49.4 Å². The molecule has 7 heteroatoms. The lowest BCUT2D eigenvalue weighted by Gasteiger charge is -2.09. The minimum absolute atomic E-state index is 0.0668. The average molecular weight is 371 g/mol. The van der Waals surface area contributed by atoms with Gasteiger partial charge in [-0.15, -0.1) is 11.3 Å². The van der Waals surface area contributed by atoms with Gasteiger partial charge in [0.05, 0.1) is 20.6 Å². The van der Waals surface area contributed by atoms with Gasteiger partial charge in [-0.25, -0.2) is 4.79 Å². The third kappa shape index (κ3) is 3.13. The van der Waals surface area contributed by atoms with Crippen molar-refractivity contribution in [2.75, 3.05) is 6.61 Å². The molecule has 1 saturated carbocycles. The Hall–Kier alpha value is -1.34. The van der Waals surface area contributed by atoms with E-state index in [-0.39, 0.29) is 12.5 Å². The van der Waals surface area contributed by atoms with Gasteiger partial charge < -0.3 is 14.6 Å². The van der Waals surface area contributed by atoms with Crippen LogP contribution in [0.5, 0.6) is 0 Å². The number of ether oxygens (including phenoxy) is 1. The number of carbonyl (C=O) groups is 2. The van der Waals surface area contributed by atoms with E-state index in [1.807, 2.05) is 6.07 Å². The van der Waals surface area contributed by atoms with Crippen LogP contribution in [0.1, 0.15) is 30.3 Å². The minimum atomic E-state index is -0.392. The van der Waals surface area contributed by atoms with E-state index in [0.717, 1.165) is 26.8 Å². The summed E-state index contributed by atoms with van der Waals surface area (Å²) in [7, 11) is 0. The molecule has 1 aliphatic carbocycles. The van der Waals surface area contributed by atoms with E-state index in [2.05, 4.69) is 21.2 Å². The monoisotopic (exact) mass is 370 g/mol. The van der Waals surface area contributed by atoms with Crippen LogP contribution in [-0.2, 0) is 16.1 Å². The lowest BCUT2D eigenvalue weighted by molar-refractivity contribution is -0.121. The predicted octanol–water partition coefficient (Wildman–Crippen LogP) is 2.92. The molecule has 5 nitrogen and oxygen atoms in total. The third-order valence-electron chi connectivity index (χ3n) is 3.29. The SMILES string of the molecule is CCOC(=O)c1cc2sc(Br)cc2n1CC(=O)NC1CC1. The quantitative estimate of drug-likeness (QED) is 0.823. The zero-order chi connectivity index (χ0) is 15.0. The van der Waals surface area contributed by atoms with Crippen molar-refractivity contribution in [3.05, 3.63) is 21.6 Å². The summed E-state index contributed by atoms with van der Waals surface area (Å²) < 4.78 is 8.74. The zero-order valence-electron chi connectivity index (χ0n) is 11.5. The molecule has 0 atom stereocenters. The van der Waals surface area contributed by atoms with Crippen molar-refractivity contribution in [1.82, 2.24) is 9.88 Å². The Morgan fingerprint density at radius 2 is 2.24 bits per heavy atom. The van der Waals surface area contributed by atoms with Crippen molar-refractivity contribution in [3.63, 3.8) is 0 Å². The highest BCUT2D eigenvalue weighted by Crippen LogP contribution is 2.32. The number of nitrogens with one attached hydrogen (secondary N) is 1. The number of hydrogen-bond acceptors (Lipinski definition) is 4. The Kier molecular flexibility index (Phi) is 4.03. The smallest absolute Gasteiger partial charge is 0.355 e. The fraction of sp³-hybridized carbons (Fsp3) is 0.429. The first-order chi connectivity index (χ1) is 10.1. The van der Waals surface area contributed by atoms with Gasteiger partial charge in [-0.05, 0) is 47.8 Å². The molecule has 0 spiro atoms. The van der Waals surface area contributed by atoms with Gasteiger partial charge in [0, 0.05) is 6.04 Å². The standard InChI is InChI=1S/C14H15BrN2O3S/c1-2-20-14(19)10-5-11-9(6-12(15)21-11)17(10)7-13(18)16-8-3-4-8/h5-6,8H,2-4,7H2,1H3,(H,16,18). The first-order valence-electron chi connectivity index (χ1n) is 6.83. The van der Waals surface area contributed by atoms with Gasteiger partial charge in [0.1, 0.15) is 12.2 Å². The number of amides is 1. The second-order valence-corrected chi connectivity index (χ2v) is 7.44. The van der Waals surface area contributed by atoms with Crippen molar-refractivity contribution in [3.8, 4) is 0 Å². The van der Waals surface area contributed by atoms with E-state index >= 15 is 0 Å². The van der Waals surface area contributed by atoms with E-state index in [4.69, 9.17) is 4.74 Å². The van der Waals surface area contributed by atoms with Crippen molar-refractivity contribution in [2.45, 2.75) is 32.4 Å². The Morgan fingerprint density at radius 3 is 2.90 bits per heavy atom. The molecule has 0 radical (unpaired) electrons.